The van der Waals surface area contributed by atoms with Crippen LogP contribution in [0.4, 0.5) is 0 Å². The van der Waals surface area contributed by atoms with Crippen molar-refractivity contribution in [1.29, 1.82) is 0 Å². The molecule has 3 nitrogen and oxygen atoms in total. The number of nitrogens with zero attached hydrogens (tertiary/aromatic N) is 1. The van der Waals surface area contributed by atoms with Crippen LogP contribution in [0, 0.1) is 5.41 Å². The fraction of sp³-hybridized carbons (Fsp3) is 0.500. The Morgan fingerprint density at radius 2 is 2.14 bits per heavy atom. The zero-order valence-electron chi connectivity index (χ0n) is 13.0. The number of carbonyl (C=O) groups excluding carboxylic acids is 1. The maximum Gasteiger partial charge on any atom is 0.313 e. The summed E-state index contributed by atoms with van der Waals surface area (Å²) in [4.78, 5) is 14.7. The number of hydrogen-bond donors (Lipinski definition) is 0. The van der Waals surface area contributed by atoms with Crippen molar-refractivity contribution in [2.75, 3.05) is 26.7 Å². The van der Waals surface area contributed by atoms with Gasteiger partial charge in [-0.2, -0.15) is 0 Å². The normalized spacial score (nSPS) is 23.3. The molecular weight excluding hydrogens is 262 g/mol. The molecule has 1 unspecified atom stereocenters. The highest BCUT2D eigenvalue weighted by molar-refractivity contribution is 5.77. The summed E-state index contributed by atoms with van der Waals surface area (Å²) < 4.78 is 5.34. The molecule has 0 amide bonds. The zero-order chi connectivity index (χ0) is 15.1. The molecule has 0 N–H and O–H groups in total. The van der Waals surface area contributed by atoms with Gasteiger partial charge < -0.3 is 9.64 Å². The molecule has 1 fully saturated rings. The average molecular weight is 287 g/mol. The smallest absolute Gasteiger partial charge is 0.313 e. The maximum atomic E-state index is 12.4. The van der Waals surface area contributed by atoms with Crippen LogP contribution in [-0.2, 0) is 9.53 Å². The minimum absolute atomic E-state index is 0.0470. The third-order valence-electron chi connectivity index (χ3n) is 4.09. The van der Waals surface area contributed by atoms with Gasteiger partial charge in [-0.1, -0.05) is 42.5 Å². The molecule has 0 bridgehead atoms. The van der Waals surface area contributed by atoms with E-state index >= 15 is 0 Å². The third kappa shape index (κ3) is 4.18. The number of piperidine rings is 1. The molecular formula is C18H25NO2. The van der Waals surface area contributed by atoms with Gasteiger partial charge in [0.05, 0.1) is 12.0 Å². The molecule has 21 heavy (non-hydrogen) atoms. The van der Waals surface area contributed by atoms with Crippen molar-refractivity contribution in [3.63, 3.8) is 0 Å². The van der Waals surface area contributed by atoms with Crippen molar-refractivity contribution in [2.45, 2.75) is 26.2 Å². The number of carbonyl (C=O) groups is 1. The molecule has 114 valence electrons. The van der Waals surface area contributed by atoms with Crippen LogP contribution >= 0.6 is 0 Å². The number of likely N-dealkylation sites (tertiary alicyclic amines) is 1. The van der Waals surface area contributed by atoms with Crippen LogP contribution in [0.3, 0.4) is 0 Å². The van der Waals surface area contributed by atoms with Gasteiger partial charge in [0.25, 0.3) is 0 Å². The fourth-order valence-electron chi connectivity index (χ4n) is 3.05. The summed E-state index contributed by atoms with van der Waals surface area (Å²) in [5, 5.41) is 0. The predicted octanol–water partition coefficient (Wildman–Crippen LogP) is 3.37. The second kappa shape index (κ2) is 7.41. The van der Waals surface area contributed by atoms with E-state index in [0.29, 0.717) is 6.61 Å². The van der Waals surface area contributed by atoms with E-state index in [1.807, 2.05) is 25.1 Å². The van der Waals surface area contributed by atoms with E-state index in [0.717, 1.165) is 32.4 Å². The van der Waals surface area contributed by atoms with Crippen molar-refractivity contribution in [2.24, 2.45) is 5.41 Å². The summed E-state index contributed by atoms with van der Waals surface area (Å²) >= 11 is 0. The SMILES string of the molecule is CCOC(=O)C1(C/C=C/c2ccccc2)CCCN(C)C1. The van der Waals surface area contributed by atoms with Gasteiger partial charge in [-0.25, -0.2) is 0 Å². The minimum atomic E-state index is -0.381. The van der Waals surface area contributed by atoms with Gasteiger partial charge in [-0.15, -0.1) is 0 Å². The first-order chi connectivity index (χ1) is 10.2. The van der Waals surface area contributed by atoms with Crippen LogP contribution in [0.1, 0.15) is 31.7 Å². The zero-order valence-corrected chi connectivity index (χ0v) is 13.0. The van der Waals surface area contributed by atoms with E-state index in [1.165, 1.54) is 5.56 Å². The lowest BCUT2D eigenvalue weighted by atomic mass is 9.77. The number of hydrogen-bond acceptors (Lipinski definition) is 3. The molecule has 1 saturated heterocycles. The Kier molecular flexibility index (Phi) is 5.57. The summed E-state index contributed by atoms with van der Waals surface area (Å²) in [6.07, 6.45) is 6.91. The molecule has 0 radical (unpaired) electrons. The van der Waals surface area contributed by atoms with E-state index in [-0.39, 0.29) is 11.4 Å². The minimum Gasteiger partial charge on any atom is -0.466 e. The molecule has 1 heterocycles. The number of rotatable bonds is 5. The Morgan fingerprint density at radius 1 is 1.38 bits per heavy atom. The molecule has 1 atom stereocenters. The first-order valence-corrected chi connectivity index (χ1v) is 7.74. The van der Waals surface area contributed by atoms with Gasteiger partial charge in [-0.3, -0.25) is 4.79 Å². The van der Waals surface area contributed by atoms with Gasteiger partial charge in [0, 0.05) is 6.54 Å². The molecule has 0 saturated carbocycles. The van der Waals surface area contributed by atoms with Crippen molar-refractivity contribution in [1.82, 2.24) is 4.90 Å². The van der Waals surface area contributed by atoms with Crippen LogP contribution in [0.25, 0.3) is 6.08 Å². The van der Waals surface area contributed by atoms with Crippen LogP contribution in [0.2, 0.25) is 0 Å². The van der Waals surface area contributed by atoms with Gasteiger partial charge in [0.2, 0.25) is 0 Å². The topological polar surface area (TPSA) is 29.5 Å². The number of esters is 1. The molecule has 0 aliphatic carbocycles. The Balaban J connectivity index is 2.09. The van der Waals surface area contributed by atoms with Crippen LogP contribution in [-0.4, -0.2) is 37.6 Å². The molecule has 1 aliphatic rings. The average Bonchev–Trinajstić information content (AvgIpc) is 2.48. The number of benzene rings is 1. The lowest BCUT2D eigenvalue weighted by Crippen LogP contribution is -2.46. The summed E-state index contributed by atoms with van der Waals surface area (Å²) in [6.45, 7) is 4.17. The second-order valence-electron chi connectivity index (χ2n) is 5.86. The lowest BCUT2D eigenvalue weighted by Gasteiger charge is -2.38. The Morgan fingerprint density at radius 3 is 2.81 bits per heavy atom. The van der Waals surface area contributed by atoms with Crippen molar-refractivity contribution >= 4 is 12.0 Å². The Hall–Kier alpha value is -1.61. The Bertz CT molecular complexity index is 483. The maximum absolute atomic E-state index is 12.4. The molecule has 0 aromatic heterocycles. The van der Waals surface area contributed by atoms with Gasteiger partial charge >= 0.3 is 5.97 Å². The highest BCUT2D eigenvalue weighted by Gasteiger charge is 2.41. The van der Waals surface area contributed by atoms with Crippen LogP contribution in [0.15, 0.2) is 36.4 Å². The van der Waals surface area contributed by atoms with Crippen molar-refractivity contribution < 1.29 is 9.53 Å². The molecule has 0 spiro atoms. The monoisotopic (exact) mass is 287 g/mol. The van der Waals surface area contributed by atoms with E-state index in [4.69, 9.17) is 4.74 Å². The third-order valence-corrected chi connectivity index (χ3v) is 4.09. The number of allylic oxidation sites excluding steroid dienone is 1. The van der Waals surface area contributed by atoms with E-state index in [9.17, 15) is 4.79 Å². The van der Waals surface area contributed by atoms with E-state index in [1.54, 1.807) is 0 Å². The van der Waals surface area contributed by atoms with Crippen molar-refractivity contribution in [3.05, 3.63) is 42.0 Å². The summed E-state index contributed by atoms with van der Waals surface area (Å²) in [6, 6.07) is 10.2. The summed E-state index contributed by atoms with van der Waals surface area (Å²) in [5.41, 5.74) is 0.787. The van der Waals surface area contributed by atoms with Gasteiger partial charge in [0.15, 0.2) is 0 Å². The predicted molar refractivity (Wildman–Crippen MR) is 85.9 cm³/mol. The summed E-state index contributed by atoms with van der Waals surface area (Å²) in [7, 11) is 2.08. The standard InChI is InChI=1S/C18H25NO2/c1-3-21-17(20)18(13-8-14-19(2)15-18)12-7-11-16-9-5-4-6-10-16/h4-7,9-11H,3,8,12-15H2,1-2H3/b11-7+. The van der Waals surface area contributed by atoms with Gasteiger partial charge in [-0.05, 0) is 45.3 Å². The molecule has 3 heteroatoms. The highest BCUT2D eigenvalue weighted by Crippen LogP contribution is 2.35. The molecule has 1 aromatic carbocycles. The van der Waals surface area contributed by atoms with Crippen molar-refractivity contribution in [3.8, 4) is 0 Å². The molecule has 2 rings (SSSR count). The van der Waals surface area contributed by atoms with Crippen LogP contribution in [0.5, 0.6) is 0 Å². The van der Waals surface area contributed by atoms with E-state index in [2.05, 4.69) is 36.2 Å². The summed E-state index contributed by atoms with van der Waals surface area (Å²) in [5.74, 6) is -0.0470. The lowest BCUT2D eigenvalue weighted by molar-refractivity contribution is -0.158. The van der Waals surface area contributed by atoms with Gasteiger partial charge in [0.1, 0.15) is 0 Å². The first kappa shape index (κ1) is 15.8. The molecule has 1 aromatic rings. The second-order valence-corrected chi connectivity index (χ2v) is 5.86. The largest absolute Gasteiger partial charge is 0.466 e. The van der Waals surface area contributed by atoms with Crippen LogP contribution < -0.4 is 0 Å². The van der Waals surface area contributed by atoms with E-state index < -0.39 is 0 Å². The fourth-order valence-corrected chi connectivity index (χ4v) is 3.05. The highest BCUT2D eigenvalue weighted by atomic mass is 16.5. The quantitative estimate of drug-likeness (QED) is 0.778. The molecule has 1 aliphatic heterocycles. The Labute approximate surface area is 127 Å². The number of ether oxygens (including phenoxy) is 1. The first-order valence-electron chi connectivity index (χ1n) is 7.74.